The zero-order valence-corrected chi connectivity index (χ0v) is 14.1. The van der Waals surface area contributed by atoms with Gasteiger partial charge in [0, 0.05) is 28.8 Å². The minimum Gasteiger partial charge on any atom is -0.497 e. The zero-order valence-electron chi connectivity index (χ0n) is 13.3. The number of methoxy groups -OCH3 is 2. The van der Waals surface area contributed by atoms with Crippen molar-refractivity contribution in [3.63, 3.8) is 0 Å². The van der Waals surface area contributed by atoms with Crippen LogP contribution >= 0.6 is 11.3 Å². The van der Waals surface area contributed by atoms with Crippen LogP contribution in [0.15, 0.2) is 54.0 Å². The fourth-order valence-electron chi connectivity index (χ4n) is 2.26. The second-order valence-corrected chi connectivity index (χ2v) is 5.83. The van der Waals surface area contributed by atoms with Gasteiger partial charge in [0.2, 0.25) is 0 Å². The first-order chi connectivity index (χ1) is 11.7. The highest BCUT2D eigenvalue weighted by Gasteiger charge is 2.12. The smallest absolute Gasteiger partial charge is 0.255 e. The molecule has 0 bridgehead atoms. The largest absolute Gasteiger partial charge is 0.497 e. The third-order valence-electron chi connectivity index (χ3n) is 3.46. The second kappa shape index (κ2) is 7.14. The van der Waals surface area contributed by atoms with Crippen LogP contribution in [0.5, 0.6) is 11.5 Å². The first kappa shape index (κ1) is 16.0. The summed E-state index contributed by atoms with van der Waals surface area (Å²) in [6.45, 7) is 0. The van der Waals surface area contributed by atoms with Crippen LogP contribution in [0.25, 0.3) is 10.6 Å². The van der Waals surface area contributed by atoms with Gasteiger partial charge < -0.3 is 14.8 Å². The van der Waals surface area contributed by atoms with E-state index in [1.807, 2.05) is 23.6 Å². The lowest BCUT2D eigenvalue weighted by atomic mass is 10.1. The van der Waals surface area contributed by atoms with Crippen molar-refractivity contribution in [3.05, 3.63) is 59.6 Å². The standard InChI is InChI=1S/C18H16N2O3S/c1-22-14-6-7-15(16(11-14)23-2)20-17(21)12-4-3-5-13(10-12)18-19-8-9-24-18/h3-11H,1-2H3,(H,20,21). The number of hydrogen-bond acceptors (Lipinski definition) is 5. The van der Waals surface area contributed by atoms with Gasteiger partial charge in [-0.05, 0) is 24.3 Å². The molecule has 2 aromatic carbocycles. The van der Waals surface area contributed by atoms with Gasteiger partial charge in [-0.3, -0.25) is 4.79 Å². The zero-order chi connectivity index (χ0) is 16.9. The molecule has 3 rings (SSSR count). The highest BCUT2D eigenvalue weighted by molar-refractivity contribution is 7.13. The SMILES string of the molecule is COc1ccc(NC(=O)c2cccc(-c3nccs3)c2)c(OC)c1. The van der Waals surface area contributed by atoms with Crippen molar-refractivity contribution in [2.75, 3.05) is 19.5 Å². The van der Waals surface area contributed by atoms with Gasteiger partial charge in [0.1, 0.15) is 16.5 Å². The number of thiazole rings is 1. The number of nitrogens with zero attached hydrogens (tertiary/aromatic N) is 1. The molecule has 0 aliphatic heterocycles. The Morgan fingerprint density at radius 2 is 2.00 bits per heavy atom. The van der Waals surface area contributed by atoms with E-state index >= 15 is 0 Å². The molecule has 0 aliphatic rings. The lowest BCUT2D eigenvalue weighted by Gasteiger charge is -2.12. The Bertz CT molecular complexity index is 847. The van der Waals surface area contributed by atoms with Gasteiger partial charge in [-0.25, -0.2) is 4.98 Å². The molecule has 0 spiro atoms. The van der Waals surface area contributed by atoms with Crippen molar-refractivity contribution in [1.29, 1.82) is 0 Å². The first-order valence-corrected chi connectivity index (χ1v) is 8.12. The van der Waals surface area contributed by atoms with E-state index in [1.165, 1.54) is 11.3 Å². The molecule has 0 unspecified atom stereocenters. The highest BCUT2D eigenvalue weighted by Crippen LogP contribution is 2.30. The van der Waals surface area contributed by atoms with Crippen molar-refractivity contribution in [3.8, 4) is 22.1 Å². The predicted molar refractivity (Wildman–Crippen MR) is 95.0 cm³/mol. The predicted octanol–water partition coefficient (Wildman–Crippen LogP) is 4.08. The quantitative estimate of drug-likeness (QED) is 0.760. The lowest BCUT2D eigenvalue weighted by Crippen LogP contribution is -2.12. The van der Waals surface area contributed by atoms with Gasteiger partial charge in [-0.2, -0.15) is 0 Å². The molecule has 0 atom stereocenters. The average molecular weight is 340 g/mol. The number of carbonyl (C=O) groups is 1. The number of nitrogens with one attached hydrogen (secondary N) is 1. The van der Waals surface area contributed by atoms with Gasteiger partial charge >= 0.3 is 0 Å². The Balaban J connectivity index is 1.84. The monoisotopic (exact) mass is 340 g/mol. The summed E-state index contributed by atoms with van der Waals surface area (Å²) < 4.78 is 10.5. The van der Waals surface area contributed by atoms with Crippen LogP contribution in [0, 0.1) is 0 Å². The third kappa shape index (κ3) is 3.38. The minimum absolute atomic E-state index is 0.211. The number of anilines is 1. The van der Waals surface area contributed by atoms with Gasteiger partial charge in [0.05, 0.1) is 19.9 Å². The Morgan fingerprint density at radius 3 is 2.71 bits per heavy atom. The number of aromatic nitrogens is 1. The van der Waals surface area contributed by atoms with Crippen molar-refractivity contribution in [1.82, 2.24) is 4.98 Å². The Labute approximate surface area is 143 Å². The normalized spacial score (nSPS) is 10.2. The van der Waals surface area contributed by atoms with Crippen LogP contribution in [0.2, 0.25) is 0 Å². The van der Waals surface area contributed by atoms with Gasteiger partial charge in [0.25, 0.3) is 5.91 Å². The summed E-state index contributed by atoms with van der Waals surface area (Å²) in [4.78, 5) is 16.8. The van der Waals surface area contributed by atoms with Crippen molar-refractivity contribution < 1.29 is 14.3 Å². The maximum Gasteiger partial charge on any atom is 0.255 e. The molecule has 0 saturated heterocycles. The molecule has 122 valence electrons. The third-order valence-corrected chi connectivity index (χ3v) is 4.28. The summed E-state index contributed by atoms with van der Waals surface area (Å²) in [5, 5.41) is 5.65. The molecule has 0 aliphatic carbocycles. The number of rotatable bonds is 5. The van der Waals surface area contributed by atoms with E-state index in [4.69, 9.17) is 9.47 Å². The van der Waals surface area contributed by atoms with E-state index in [1.54, 1.807) is 44.7 Å². The second-order valence-electron chi connectivity index (χ2n) is 4.94. The van der Waals surface area contributed by atoms with E-state index in [-0.39, 0.29) is 5.91 Å². The molecule has 1 heterocycles. The molecule has 1 aromatic heterocycles. The van der Waals surface area contributed by atoms with Crippen LogP contribution in [-0.2, 0) is 0 Å². The van der Waals surface area contributed by atoms with Gasteiger partial charge in [0.15, 0.2) is 0 Å². The first-order valence-electron chi connectivity index (χ1n) is 7.24. The van der Waals surface area contributed by atoms with Gasteiger partial charge in [-0.15, -0.1) is 11.3 Å². The summed E-state index contributed by atoms with van der Waals surface area (Å²) >= 11 is 1.53. The molecule has 6 heteroatoms. The van der Waals surface area contributed by atoms with E-state index in [0.717, 1.165) is 10.6 Å². The van der Waals surface area contributed by atoms with Crippen LogP contribution in [0.4, 0.5) is 5.69 Å². The molecule has 0 fully saturated rings. The van der Waals surface area contributed by atoms with E-state index in [2.05, 4.69) is 10.3 Å². The minimum atomic E-state index is -0.211. The van der Waals surface area contributed by atoms with Crippen LogP contribution in [-0.4, -0.2) is 25.1 Å². The number of carbonyl (C=O) groups excluding carboxylic acids is 1. The van der Waals surface area contributed by atoms with Crippen LogP contribution < -0.4 is 14.8 Å². The Kier molecular flexibility index (Phi) is 4.77. The maximum atomic E-state index is 12.5. The lowest BCUT2D eigenvalue weighted by molar-refractivity contribution is 0.102. The van der Waals surface area contributed by atoms with Crippen LogP contribution in [0.1, 0.15) is 10.4 Å². The average Bonchev–Trinajstić information content (AvgIpc) is 3.17. The summed E-state index contributed by atoms with van der Waals surface area (Å²) in [6.07, 6.45) is 1.75. The molecule has 5 nitrogen and oxygen atoms in total. The Morgan fingerprint density at radius 1 is 1.12 bits per heavy atom. The van der Waals surface area contributed by atoms with Crippen molar-refractivity contribution in [2.45, 2.75) is 0 Å². The molecule has 24 heavy (non-hydrogen) atoms. The molecule has 1 amide bonds. The molecule has 0 radical (unpaired) electrons. The molecule has 3 aromatic rings. The molecular formula is C18H16N2O3S. The van der Waals surface area contributed by atoms with Crippen molar-refractivity contribution >= 4 is 22.9 Å². The fourth-order valence-corrected chi connectivity index (χ4v) is 2.89. The number of amides is 1. The number of ether oxygens (including phenoxy) is 2. The topological polar surface area (TPSA) is 60.5 Å². The van der Waals surface area contributed by atoms with E-state index < -0.39 is 0 Å². The van der Waals surface area contributed by atoms with Gasteiger partial charge in [-0.1, -0.05) is 12.1 Å². The highest BCUT2D eigenvalue weighted by atomic mass is 32.1. The van der Waals surface area contributed by atoms with Crippen LogP contribution in [0.3, 0.4) is 0 Å². The summed E-state index contributed by atoms with van der Waals surface area (Å²) in [5.74, 6) is 0.992. The fraction of sp³-hybridized carbons (Fsp3) is 0.111. The van der Waals surface area contributed by atoms with E-state index in [0.29, 0.717) is 22.7 Å². The molecular weight excluding hydrogens is 324 g/mol. The number of hydrogen-bond donors (Lipinski definition) is 1. The molecule has 1 N–H and O–H groups in total. The van der Waals surface area contributed by atoms with Crippen molar-refractivity contribution in [2.24, 2.45) is 0 Å². The van der Waals surface area contributed by atoms with E-state index in [9.17, 15) is 4.79 Å². The maximum absolute atomic E-state index is 12.5. The molecule has 0 saturated carbocycles. The Hall–Kier alpha value is -2.86. The summed E-state index contributed by atoms with van der Waals surface area (Å²) in [6, 6.07) is 12.6. The summed E-state index contributed by atoms with van der Waals surface area (Å²) in [7, 11) is 3.13. The number of benzene rings is 2. The summed E-state index contributed by atoms with van der Waals surface area (Å²) in [5.41, 5.74) is 2.06.